The van der Waals surface area contributed by atoms with E-state index in [-0.39, 0.29) is 17.6 Å². The van der Waals surface area contributed by atoms with Crippen LogP contribution in [0.25, 0.3) is 10.9 Å². The summed E-state index contributed by atoms with van der Waals surface area (Å²) in [6.45, 7) is 0.458. The lowest BCUT2D eigenvalue weighted by molar-refractivity contribution is -0.118. The molecular formula is C17H13ClFN3O2. The van der Waals surface area contributed by atoms with Gasteiger partial charge in [-0.3, -0.25) is 9.89 Å². The smallest absolute Gasteiger partial charge is 0.233 e. The van der Waals surface area contributed by atoms with Gasteiger partial charge in [0.2, 0.25) is 5.91 Å². The summed E-state index contributed by atoms with van der Waals surface area (Å²) in [4.78, 5) is 12.7. The van der Waals surface area contributed by atoms with Crippen LogP contribution in [0, 0.1) is 5.82 Å². The van der Waals surface area contributed by atoms with E-state index in [1.165, 1.54) is 12.1 Å². The van der Waals surface area contributed by atoms with E-state index in [4.69, 9.17) is 16.3 Å². The highest BCUT2D eigenvalue weighted by molar-refractivity contribution is 6.30. The molecule has 2 heterocycles. The minimum Gasteiger partial charge on any atom is -0.493 e. The maximum atomic E-state index is 13.2. The number of hydrogen-bond donors (Lipinski definition) is 2. The standard InChI is InChI=1S/C17H13ClFN3O2/c18-9-1-4-15-13(7-9)11(5-6-24-15)17(23)20-16-12-3-2-10(19)8-14(12)21-22-16/h1-4,7-8,11H,5-6H2,(H2,20,21,22,23). The fraction of sp³-hybridized carbons (Fsp3) is 0.176. The summed E-state index contributed by atoms with van der Waals surface area (Å²) in [7, 11) is 0. The minimum atomic E-state index is -0.375. The van der Waals surface area contributed by atoms with Crippen LogP contribution in [0.15, 0.2) is 36.4 Å². The Morgan fingerprint density at radius 1 is 1.33 bits per heavy atom. The van der Waals surface area contributed by atoms with Crippen LogP contribution in [0.2, 0.25) is 5.02 Å². The Balaban J connectivity index is 1.64. The number of amides is 1. The van der Waals surface area contributed by atoms with Gasteiger partial charge in [-0.15, -0.1) is 0 Å². The van der Waals surface area contributed by atoms with Gasteiger partial charge in [-0.25, -0.2) is 4.39 Å². The first-order valence-electron chi connectivity index (χ1n) is 7.48. The van der Waals surface area contributed by atoms with Gasteiger partial charge in [-0.2, -0.15) is 5.10 Å². The number of carbonyl (C=O) groups is 1. The average molecular weight is 346 g/mol. The zero-order valence-electron chi connectivity index (χ0n) is 12.5. The highest BCUT2D eigenvalue weighted by Gasteiger charge is 2.28. The number of fused-ring (bicyclic) bond motifs is 2. The fourth-order valence-electron chi connectivity index (χ4n) is 2.93. The lowest BCUT2D eigenvalue weighted by Gasteiger charge is -2.25. The lowest BCUT2D eigenvalue weighted by atomic mass is 9.92. The molecular weight excluding hydrogens is 333 g/mol. The average Bonchev–Trinajstić information content (AvgIpc) is 2.96. The summed E-state index contributed by atoms with van der Waals surface area (Å²) in [6.07, 6.45) is 0.552. The molecule has 0 fully saturated rings. The number of halogens is 2. The largest absolute Gasteiger partial charge is 0.493 e. The number of carbonyl (C=O) groups excluding carboxylic acids is 1. The van der Waals surface area contributed by atoms with Crippen LogP contribution in [-0.2, 0) is 4.79 Å². The molecule has 1 aromatic heterocycles. The maximum absolute atomic E-state index is 13.2. The third-order valence-electron chi connectivity index (χ3n) is 4.09. The van der Waals surface area contributed by atoms with Crippen LogP contribution < -0.4 is 10.1 Å². The normalized spacial score (nSPS) is 16.5. The number of aromatic nitrogens is 2. The number of nitrogens with zero attached hydrogens (tertiary/aromatic N) is 1. The van der Waals surface area contributed by atoms with Gasteiger partial charge in [-0.05, 0) is 42.8 Å². The zero-order chi connectivity index (χ0) is 16.7. The molecule has 2 N–H and O–H groups in total. The molecule has 1 aliphatic heterocycles. The van der Waals surface area contributed by atoms with Crippen LogP contribution in [0.3, 0.4) is 0 Å². The van der Waals surface area contributed by atoms with Crippen molar-refractivity contribution >= 4 is 34.2 Å². The number of anilines is 1. The summed E-state index contributed by atoms with van der Waals surface area (Å²) < 4.78 is 18.8. The maximum Gasteiger partial charge on any atom is 0.233 e. The van der Waals surface area contributed by atoms with Gasteiger partial charge in [0.15, 0.2) is 5.82 Å². The highest BCUT2D eigenvalue weighted by atomic mass is 35.5. The van der Waals surface area contributed by atoms with E-state index in [9.17, 15) is 9.18 Å². The molecule has 2 aromatic carbocycles. The number of nitrogens with one attached hydrogen (secondary N) is 2. The van der Waals surface area contributed by atoms with Crippen LogP contribution >= 0.6 is 11.6 Å². The Morgan fingerprint density at radius 3 is 3.08 bits per heavy atom. The van der Waals surface area contributed by atoms with Gasteiger partial charge in [0.1, 0.15) is 11.6 Å². The molecule has 24 heavy (non-hydrogen) atoms. The number of aromatic amines is 1. The molecule has 0 radical (unpaired) electrons. The summed E-state index contributed by atoms with van der Waals surface area (Å²) >= 11 is 6.04. The molecule has 1 unspecified atom stereocenters. The first-order chi connectivity index (χ1) is 11.6. The fourth-order valence-corrected chi connectivity index (χ4v) is 3.11. The molecule has 0 spiro atoms. The third-order valence-corrected chi connectivity index (χ3v) is 4.33. The van der Waals surface area contributed by atoms with Crippen molar-refractivity contribution in [3.8, 4) is 5.75 Å². The molecule has 1 amide bonds. The van der Waals surface area contributed by atoms with Crippen molar-refractivity contribution < 1.29 is 13.9 Å². The van der Waals surface area contributed by atoms with Gasteiger partial charge in [-0.1, -0.05) is 11.6 Å². The summed E-state index contributed by atoms with van der Waals surface area (Å²) in [5.41, 5.74) is 1.29. The Hall–Kier alpha value is -2.60. The number of benzene rings is 2. The van der Waals surface area contributed by atoms with Crippen LogP contribution in [0.4, 0.5) is 10.2 Å². The van der Waals surface area contributed by atoms with E-state index in [2.05, 4.69) is 15.5 Å². The van der Waals surface area contributed by atoms with E-state index in [1.807, 2.05) is 0 Å². The van der Waals surface area contributed by atoms with Crippen molar-refractivity contribution in [3.63, 3.8) is 0 Å². The second-order valence-electron chi connectivity index (χ2n) is 5.62. The SMILES string of the molecule is O=C(Nc1n[nH]c2cc(F)ccc12)C1CCOc2ccc(Cl)cc21. The summed E-state index contributed by atoms with van der Waals surface area (Å²) in [6, 6.07) is 9.50. The highest BCUT2D eigenvalue weighted by Crippen LogP contribution is 2.36. The van der Waals surface area contributed by atoms with Crippen LogP contribution in [0.5, 0.6) is 5.75 Å². The van der Waals surface area contributed by atoms with Crippen molar-refractivity contribution in [2.24, 2.45) is 0 Å². The summed E-state index contributed by atoms with van der Waals surface area (Å²) in [5.74, 6) is 0.112. The van der Waals surface area contributed by atoms with Gasteiger partial charge in [0.05, 0.1) is 18.0 Å². The van der Waals surface area contributed by atoms with Gasteiger partial charge >= 0.3 is 0 Å². The molecule has 0 bridgehead atoms. The van der Waals surface area contributed by atoms with Crippen molar-refractivity contribution in [1.29, 1.82) is 0 Å². The third kappa shape index (κ3) is 2.59. The molecule has 4 rings (SSSR count). The molecule has 1 atom stereocenters. The van der Waals surface area contributed by atoms with E-state index in [0.717, 1.165) is 5.56 Å². The molecule has 7 heteroatoms. The second kappa shape index (κ2) is 5.79. The van der Waals surface area contributed by atoms with Crippen molar-refractivity contribution in [2.75, 3.05) is 11.9 Å². The van der Waals surface area contributed by atoms with Crippen molar-refractivity contribution in [1.82, 2.24) is 10.2 Å². The van der Waals surface area contributed by atoms with E-state index < -0.39 is 0 Å². The first-order valence-corrected chi connectivity index (χ1v) is 7.86. The predicted molar refractivity (Wildman–Crippen MR) is 89.0 cm³/mol. The molecule has 5 nitrogen and oxygen atoms in total. The monoisotopic (exact) mass is 345 g/mol. The van der Waals surface area contributed by atoms with E-state index >= 15 is 0 Å². The quantitative estimate of drug-likeness (QED) is 0.741. The molecule has 3 aromatic rings. The predicted octanol–water partition coefficient (Wildman–Crippen LogP) is 3.86. The topological polar surface area (TPSA) is 67.0 Å². The molecule has 0 aliphatic carbocycles. The molecule has 1 aliphatic rings. The Morgan fingerprint density at radius 2 is 2.21 bits per heavy atom. The number of ether oxygens (including phenoxy) is 1. The molecule has 0 saturated carbocycles. The van der Waals surface area contributed by atoms with Gasteiger partial charge in [0, 0.05) is 16.0 Å². The number of hydrogen-bond acceptors (Lipinski definition) is 3. The summed E-state index contributed by atoms with van der Waals surface area (Å²) in [5, 5.41) is 10.8. The molecule has 122 valence electrons. The van der Waals surface area contributed by atoms with Crippen molar-refractivity contribution in [2.45, 2.75) is 12.3 Å². The number of rotatable bonds is 2. The Kier molecular flexibility index (Phi) is 3.61. The zero-order valence-corrected chi connectivity index (χ0v) is 13.2. The Labute approximate surface area is 141 Å². The van der Waals surface area contributed by atoms with Crippen molar-refractivity contribution in [3.05, 3.63) is 52.8 Å². The lowest BCUT2D eigenvalue weighted by Crippen LogP contribution is -2.26. The molecule has 0 saturated heterocycles. The van der Waals surface area contributed by atoms with Gasteiger partial charge in [0.25, 0.3) is 0 Å². The minimum absolute atomic E-state index is 0.195. The number of H-pyrrole nitrogens is 1. The van der Waals surface area contributed by atoms with E-state index in [1.54, 1.807) is 24.3 Å². The first kappa shape index (κ1) is 15.0. The van der Waals surface area contributed by atoms with Gasteiger partial charge < -0.3 is 10.1 Å². The van der Waals surface area contributed by atoms with Crippen LogP contribution in [0.1, 0.15) is 17.9 Å². The Bertz CT molecular complexity index is 941. The van der Waals surface area contributed by atoms with E-state index in [0.29, 0.717) is 40.5 Å². The van der Waals surface area contributed by atoms with Crippen LogP contribution in [-0.4, -0.2) is 22.7 Å². The second-order valence-corrected chi connectivity index (χ2v) is 6.06.